The van der Waals surface area contributed by atoms with Crippen LogP contribution in [-0.4, -0.2) is 33.2 Å². The van der Waals surface area contributed by atoms with E-state index in [4.69, 9.17) is 5.73 Å². The summed E-state index contributed by atoms with van der Waals surface area (Å²) in [6.45, 7) is 0.405. The Bertz CT molecular complexity index is 585. The Morgan fingerprint density at radius 1 is 1.45 bits per heavy atom. The molecule has 1 amide bonds. The highest BCUT2D eigenvalue weighted by Gasteiger charge is 2.31. The van der Waals surface area contributed by atoms with E-state index in [-0.39, 0.29) is 29.3 Å². The Morgan fingerprint density at radius 2 is 2.10 bits per heavy atom. The van der Waals surface area contributed by atoms with Gasteiger partial charge in [-0.15, -0.1) is 12.4 Å². The van der Waals surface area contributed by atoms with Crippen molar-refractivity contribution in [2.75, 3.05) is 12.8 Å². The summed E-state index contributed by atoms with van der Waals surface area (Å²) < 4.78 is 22.9. The monoisotopic (exact) mass is 318 g/mol. The maximum atomic E-state index is 12.1. The number of nitrogens with two attached hydrogens (primary N) is 1. The van der Waals surface area contributed by atoms with Crippen LogP contribution in [0.1, 0.15) is 23.2 Å². The first kappa shape index (κ1) is 16.9. The van der Waals surface area contributed by atoms with Crippen LogP contribution in [0.4, 0.5) is 0 Å². The van der Waals surface area contributed by atoms with Crippen LogP contribution < -0.4 is 11.1 Å². The van der Waals surface area contributed by atoms with Crippen molar-refractivity contribution in [1.82, 2.24) is 5.32 Å². The summed E-state index contributed by atoms with van der Waals surface area (Å²) in [5.74, 6) is 0.194. The van der Waals surface area contributed by atoms with Gasteiger partial charge in [0.2, 0.25) is 0 Å². The third-order valence-electron chi connectivity index (χ3n) is 3.29. The van der Waals surface area contributed by atoms with E-state index in [2.05, 4.69) is 5.32 Å². The first-order valence-electron chi connectivity index (χ1n) is 6.23. The maximum Gasteiger partial charge on any atom is 0.251 e. The molecule has 5 nitrogen and oxygen atoms in total. The topological polar surface area (TPSA) is 89.3 Å². The van der Waals surface area contributed by atoms with E-state index in [1.807, 2.05) is 0 Å². The fourth-order valence-corrected chi connectivity index (χ4v) is 2.65. The highest BCUT2D eigenvalue weighted by atomic mass is 35.5. The smallest absolute Gasteiger partial charge is 0.251 e. The molecule has 0 bridgehead atoms. The Labute approximate surface area is 125 Å². The van der Waals surface area contributed by atoms with Gasteiger partial charge in [0.15, 0.2) is 9.84 Å². The standard InChI is InChI=1S/C13H18N2O3S.ClH/c1-19(17,18)11-4-2-3-10(7-11)13(16)15-12(8-14)9-5-6-9;/h2-4,7,9,12H,5-6,8,14H2,1H3,(H,15,16);1H. The molecule has 20 heavy (non-hydrogen) atoms. The predicted molar refractivity (Wildman–Crippen MR) is 79.8 cm³/mol. The number of benzene rings is 1. The molecule has 0 aromatic heterocycles. The van der Waals surface area contributed by atoms with Crippen molar-refractivity contribution < 1.29 is 13.2 Å². The fourth-order valence-electron chi connectivity index (χ4n) is 1.99. The maximum absolute atomic E-state index is 12.1. The predicted octanol–water partition coefficient (Wildman–Crippen LogP) is 0.979. The zero-order valence-electron chi connectivity index (χ0n) is 11.2. The molecule has 1 aromatic rings. The quantitative estimate of drug-likeness (QED) is 0.847. The highest BCUT2D eigenvalue weighted by Crippen LogP contribution is 2.32. The van der Waals surface area contributed by atoms with E-state index < -0.39 is 9.84 Å². The van der Waals surface area contributed by atoms with Crippen molar-refractivity contribution in [1.29, 1.82) is 0 Å². The molecule has 0 spiro atoms. The highest BCUT2D eigenvalue weighted by molar-refractivity contribution is 7.90. The minimum Gasteiger partial charge on any atom is -0.348 e. The molecule has 0 radical (unpaired) electrons. The summed E-state index contributed by atoms with van der Waals surface area (Å²) in [4.78, 5) is 12.2. The Hall–Kier alpha value is -1.11. The van der Waals surface area contributed by atoms with Crippen molar-refractivity contribution >= 4 is 28.2 Å². The molecular formula is C13H19ClN2O3S. The zero-order chi connectivity index (χ0) is 14.0. The largest absolute Gasteiger partial charge is 0.348 e. The number of hydrogen-bond acceptors (Lipinski definition) is 4. The number of carbonyl (C=O) groups is 1. The second-order valence-electron chi connectivity index (χ2n) is 4.95. The molecule has 0 saturated heterocycles. The molecule has 1 aliphatic rings. The molecule has 112 valence electrons. The van der Waals surface area contributed by atoms with Crippen LogP contribution in [-0.2, 0) is 9.84 Å². The Kier molecular flexibility index (Phi) is 5.56. The second-order valence-corrected chi connectivity index (χ2v) is 6.97. The van der Waals surface area contributed by atoms with Crippen LogP contribution in [0, 0.1) is 5.92 Å². The molecule has 1 aliphatic carbocycles. The van der Waals surface area contributed by atoms with Gasteiger partial charge in [-0.05, 0) is 37.0 Å². The molecular weight excluding hydrogens is 300 g/mol. The average Bonchev–Trinajstić information content (AvgIpc) is 3.19. The van der Waals surface area contributed by atoms with Crippen LogP contribution in [0.5, 0.6) is 0 Å². The minimum absolute atomic E-state index is 0. The van der Waals surface area contributed by atoms with Crippen LogP contribution in [0.25, 0.3) is 0 Å². The SMILES string of the molecule is CS(=O)(=O)c1cccc(C(=O)NC(CN)C2CC2)c1.Cl. The summed E-state index contributed by atoms with van der Waals surface area (Å²) in [5, 5.41) is 2.86. The molecule has 2 rings (SSSR count). The second kappa shape index (κ2) is 6.56. The number of carbonyl (C=O) groups excluding carboxylic acids is 1. The summed E-state index contributed by atoms with van der Waals surface area (Å²) >= 11 is 0. The molecule has 1 atom stereocenters. The molecule has 0 heterocycles. The summed E-state index contributed by atoms with van der Waals surface area (Å²) in [6.07, 6.45) is 3.30. The number of amides is 1. The van der Waals surface area contributed by atoms with Crippen molar-refractivity contribution in [3.8, 4) is 0 Å². The van der Waals surface area contributed by atoms with Crippen molar-refractivity contribution in [3.05, 3.63) is 29.8 Å². The summed E-state index contributed by atoms with van der Waals surface area (Å²) in [6, 6.07) is 6.03. The van der Waals surface area contributed by atoms with Gasteiger partial charge in [0.05, 0.1) is 4.90 Å². The van der Waals surface area contributed by atoms with Gasteiger partial charge in [0, 0.05) is 24.4 Å². The number of rotatable bonds is 5. The normalized spacial score (nSPS) is 16.1. The zero-order valence-corrected chi connectivity index (χ0v) is 12.8. The number of sulfone groups is 1. The minimum atomic E-state index is -3.30. The fraction of sp³-hybridized carbons (Fsp3) is 0.462. The van der Waals surface area contributed by atoms with Crippen molar-refractivity contribution in [2.45, 2.75) is 23.8 Å². The Balaban J connectivity index is 0.00000200. The van der Waals surface area contributed by atoms with E-state index in [0.29, 0.717) is 18.0 Å². The molecule has 0 aliphatic heterocycles. The van der Waals surface area contributed by atoms with Crippen molar-refractivity contribution in [2.24, 2.45) is 11.7 Å². The van der Waals surface area contributed by atoms with Gasteiger partial charge in [-0.2, -0.15) is 0 Å². The van der Waals surface area contributed by atoms with Gasteiger partial charge in [-0.3, -0.25) is 4.79 Å². The van der Waals surface area contributed by atoms with Crippen molar-refractivity contribution in [3.63, 3.8) is 0 Å². The molecule has 1 unspecified atom stereocenters. The molecule has 1 saturated carbocycles. The van der Waals surface area contributed by atoms with Crippen LogP contribution in [0.3, 0.4) is 0 Å². The van der Waals surface area contributed by atoms with E-state index in [1.54, 1.807) is 12.1 Å². The van der Waals surface area contributed by atoms with Gasteiger partial charge in [0.25, 0.3) is 5.91 Å². The molecule has 1 fully saturated rings. The molecule has 3 N–H and O–H groups in total. The van der Waals surface area contributed by atoms with E-state index in [0.717, 1.165) is 19.1 Å². The van der Waals surface area contributed by atoms with Gasteiger partial charge < -0.3 is 11.1 Å². The number of hydrogen-bond donors (Lipinski definition) is 2. The van der Waals surface area contributed by atoms with E-state index >= 15 is 0 Å². The van der Waals surface area contributed by atoms with E-state index in [9.17, 15) is 13.2 Å². The van der Waals surface area contributed by atoms with E-state index in [1.165, 1.54) is 12.1 Å². The number of nitrogens with one attached hydrogen (secondary N) is 1. The molecule has 7 heteroatoms. The lowest BCUT2D eigenvalue weighted by atomic mass is 10.1. The first-order chi connectivity index (χ1) is 8.91. The van der Waals surface area contributed by atoms with Gasteiger partial charge in [0.1, 0.15) is 0 Å². The lowest BCUT2D eigenvalue weighted by molar-refractivity contribution is 0.0933. The molecule has 1 aromatic carbocycles. The third kappa shape index (κ3) is 4.19. The third-order valence-corrected chi connectivity index (χ3v) is 4.40. The van der Waals surface area contributed by atoms with Crippen LogP contribution >= 0.6 is 12.4 Å². The Morgan fingerprint density at radius 3 is 2.60 bits per heavy atom. The number of halogens is 1. The first-order valence-corrected chi connectivity index (χ1v) is 8.12. The van der Waals surface area contributed by atoms with Gasteiger partial charge >= 0.3 is 0 Å². The summed E-state index contributed by atoms with van der Waals surface area (Å²) in [7, 11) is -3.30. The van der Waals surface area contributed by atoms with Gasteiger partial charge in [-0.25, -0.2) is 8.42 Å². The van der Waals surface area contributed by atoms with Gasteiger partial charge in [-0.1, -0.05) is 6.07 Å². The summed E-state index contributed by atoms with van der Waals surface area (Å²) in [5.41, 5.74) is 5.98. The van der Waals surface area contributed by atoms with Crippen LogP contribution in [0.15, 0.2) is 29.2 Å². The lowest BCUT2D eigenvalue weighted by Gasteiger charge is -2.16. The average molecular weight is 319 g/mol. The lowest BCUT2D eigenvalue weighted by Crippen LogP contribution is -2.41. The van der Waals surface area contributed by atoms with Crippen LogP contribution in [0.2, 0.25) is 0 Å².